The summed E-state index contributed by atoms with van der Waals surface area (Å²) in [6.45, 7) is 5.51. The number of fused-ring (bicyclic) bond motifs is 2. The Kier molecular flexibility index (Phi) is 6.19. The van der Waals surface area contributed by atoms with Crippen molar-refractivity contribution in [3.63, 3.8) is 0 Å². The van der Waals surface area contributed by atoms with Crippen molar-refractivity contribution in [2.75, 3.05) is 50.7 Å². The van der Waals surface area contributed by atoms with E-state index in [1.165, 1.54) is 26.9 Å². The predicted octanol–water partition coefficient (Wildman–Crippen LogP) is 5.54. The number of hydrogen-bond acceptors (Lipinski definition) is 5. The fourth-order valence-corrected chi connectivity index (χ4v) is 6.32. The topological polar surface area (TPSA) is 39.7 Å². The van der Waals surface area contributed by atoms with Crippen molar-refractivity contribution >= 4 is 61.1 Å². The molecule has 1 fully saturated rings. The van der Waals surface area contributed by atoms with Crippen LogP contribution in [0.1, 0.15) is 12.0 Å². The molecule has 6 rings (SSSR count). The fraction of sp³-hybridized carbons (Fsp3) is 0.286. The maximum absolute atomic E-state index is 13.1. The minimum atomic E-state index is 0.229. The van der Waals surface area contributed by atoms with Crippen LogP contribution in [0.15, 0.2) is 66.2 Å². The van der Waals surface area contributed by atoms with Crippen LogP contribution >= 0.6 is 22.9 Å². The molecule has 0 saturated carbocycles. The molecule has 1 amide bonds. The van der Waals surface area contributed by atoms with E-state index in [2.05, 4.69) is 56.6 Å². The number of rotatable bonds is 4. The Hall–Kier alpha value is -2.93. The summed E-state index contributed by atoms with van der Waals surface area (Å²) in [5.74, 6) is 0.229. The van der Waals surface area contributed by atoms with E-state index in [4.69, 9.17) is 11.6 Å². The van der Waals surface area contributed by atoms with E-state index in [-0.39, 0.29) is 5.91 Å². The average Bonchev–Trinajstić information content (AvgIpc) is 3.38. The molecule has 35 heavy (non-hydrogen) atoms. The van der Waals surface area contributed by atoms with Gasteiger partial charge in [0.2, 0.25) is 5.91 Å². The molecular weight excluding hydrogens is 476 g/mol. The van der Waals surface area contributed by atoms with Gasteiger partial charge >= 0.3 is 0 Å². The van der Waals surface area contributed by atoms with Gasteiger partial charge in [-0.15, -0.1) is 11.3 Å². The van der Waals surface area contributed by atoms with Gasteiger partial charge < -0.3 is 9.80 Å². The van der Waals surface area contributed by atoms with E-state index in [1.54, 1.807) is 11.3 Å². The van der Waals surface area contributed by atoms with E-state index in [1.807, 2.05) is 29.3 Å². The van der Waals surface area contributed by atoms with Crippen LogP contribution in [0.5, 0.6) is 0 Å². The molecule has 2 aliphatic rings. The number of piperazine rings is 1. The lowest BCUT2D eigenvalue weighted by molar-refractivity contribution is -0.132. The highest BCUT2D eigenvalue weighted by Gasteiger charge is 2.24. The molecule has 0 unspecified atom stereocenters. The van der Waals surface area contributed by atoms with Gasteiger partial charge in [-0.1, -0.05) is 35.9 Å². The van der Waals surface area contributed by atoms with E-state index in [0.717, 1.165) is 50.0 Å². The zero-order chi connectivity index (χ0) is 23.8. The molecule has 4 aromatic rings. The Labute approximate surface area is 214 Å². The molecule has 0 N–H and O–H groups in total. The van der Waals surface area contributed by atoms with Crippen LogP contribution in [0, 0.1) is 0 Å². The number of carbonyl (C=O) groups is 1. The first-order valence-corrected chi connectivity index (χ1v) is 13.4. The molecule has 178 valence electrons. The molecular formula is C28H27ClN4OS. The van der Waals surface area contributed by atoms with E-state index in [9.17, 15) is 4.79 Å². The number of carbonyl (C=O) groups excluding carboxylic acids is 1. The molecule has 0 atom stereocenters. The number of anilines is 1. The largest absolute Gasteiger partial charge is 0.368 e. The molecule has 0 aliphatic carbocycles. The summed E-state index contributed by atoms with van der Waals surface area (Å²) in [4.78, 5) is 24.2. The number of pyridine rings is 1. The average molecular weight is 503 g/mol. The highest BCUT2D eigenvalue weighted by molar-refractivity contribution is 7.17. The maximum Gasteiger partial charge on any atom is 0.237 e. The van der Waals surface area contributed by atoms with Crippen LogP contribution < -0.4 is 4.90 Å². The van der Waals surface area contributed by atoms with Crippen LogP contribution in [0.25, 0.3) is 26.6 Å². The zero-order valence-electron chi connectivity index (χ0n) is 19.5. The summed E-state index contributed by atoms with van der Waals surface area (Å²) < 4.78 is 1.35. The third-order valence-corrected chi connectivity index (χ3v) is 8.34. The molecule has 4 heterocycles. The quantitative estimate of drug-likeness (QED) is 0.367. The number of thiophene rings is 1. The highest BCUT2D eigenvalue weighted by Crippen LogP contribution is 2.33. The lowest BCUT2D eigenvalue weighted by Gasteiger charge is -2.37. The molecule has 0 bridgehead atoms. The second kappa shape index (κ2) is 9.61. The summed E-state index contributed by atoms with van der Waals surface area (Å²) in [6.07, 6.45) is 5.01. The lowest BCUT2D eigenvalue weighted by atomic mass is 9.98. The Bertz CT molecular complexity index is 1420. The van der Waals surface area contributed by atoms with Crippen LogP contribution in [-0.4, -0.2) is 66.5 Å². The summed E-state index contributed by atoms with van der Waals surface area (Å²) in [5, 5.41) is 5.28. The fourth-order valence-electron chi connectivity index (χ4n) is 5.21. The third-order valence-electron chi connectivity index (χ3n) is 7.14. The highest BCUT2D eigenvalue weighted by atomic mass is 35.5. The Morgan fingerprint density at radius 3 is 2.74 bits per heavy atom. The molecule has 2 aromatic heterocycles. The summed E-state index contributed by atoms with van der Waals surface area (Å²) >= 11 is 7.94. The second-order valence-corrected chi connectivity index (χ2v) is 10.6. The van der Waals surface area contributed by atoms with Crippen molar-refractivity contribution < 1.29 is 4.79 Å². The number of hydrogen-bond donors (Lipinski definition) is 0. The molecule has 0 spiro atoms. The smallest absolute Gasteiger partial charge is 0.237 e. The van der Waals surface area contributed by atoms with Gasteiger partial charge in [-0.05, 0) is 58.7 Å². The normalized spacial score (nSPS) is 17.2. The number of aromatic nitrogens is 1. The van der Waals surface area contributed by atoms with E-state index in [0.29, 0.717) is 18.1 Å². The third kappa shape index (κ3) is 4.54. The van der Waals surface area contributed by atoms with Gasteiger partial charge in [0, 0.05) is 66.3 Å². The van der Waals surface area contributed by atoms with Gasteiger partial charge in [0.15, 0.2) is 0 Å². The Morgan fingerprint density at radius 2 is 1.91 bits per heavy atom. The lowest BCUT2D eigenvalue weighted by Crippen LogP contribution is -2.50. The molecule has 2 aliphatic heterocycles. The first-order chi connectivity index (χ1) is 17.2. The minimum absolute atomic E-state index is 0.229. The number of amides is 1. The number of halogens is 1. The molecule has 0 radical (unpaired) electrons. The van der Waals surface area contributed by atoms with Gasteiger partial charge in [0.1, 0.15) is 0 Å². The first-order valence-electron chi connectivity index (χ1n) is 12.1. The van der Waals surface area contributed by atoms with Gasteiger partial charge in [-0.25, -0.2) is 0 Å². The summed E-state index contributed by atoms with van der Waals surface area (Å²) in [5.41, 5.74) is 4.79. The zero-order valence-corrected chi connectivity index (χ0v) is 21.1. The van der Waals surface area contributed by atoms with Crippen LogP contribution in [0.3, 0.4) is 0 Å². The van der Waals surface area contributed by atoms with Crippen molar-refractivity contribution in [2.24, 2.45) is 0 Å². The van der Waals surface area contributed by atoms with Gasteiger partial charge in [-0.2, -0.15) is 0 Å². The maximum atomic E-state index is 13.1. The first kappa shape index (κ1) is 22.5. The van der Waals surface area contributed by atoms with Gasteiger partial charge in [0.25, 0.3) is 0 Å². The van der Waals surface area contributed by atoms with E-state index < -0.39 is 0 Å². The molecule has 7 heteroatoms. The predicted molar refractivity (Wildman–Crippen MR) is 146 cm³/mol. The monoisotopic (exact) mass is 502 g/mol. The van der Waals surface area contributed by atoms with E-state index >= 15 is 0 Å². The van der Waals surface area contributed by atoms with Crippen molar-refractivity contribution in [3.8, 4) is 0 Å². The molecule has 5 nitrogen and oxygen atoms in total. The van der Waals surface area contributed by atoms with Gasteiger partial charge in [-0.3, -0.25) is 14.7 Å². The van der Waals surface area contributed by atoms with Crippen LogP contribution in [0.4, 0.5) is 5.69 Å². The molecule has 2 aromatic carbocycles. The Balaban J connectivity index is 1.06. The number of nitrogens with zero attached hydrogens (tertiary/aromatic N) is 4. The minimum Gasteiger partial charge on any atom is -0.368 e. The van der Waals surface area contributed by atoms with Crippen molar-refractivity contribution in [3.05, 3.63) is 76.8 Å². The summed E-state index contributed by atoms with van der Waals surface area (Å²) in [7, 11) is 0. The van der Waals surface area contributed by atoms with Gasteiger partial charge in [0.05, 0.1) is 12.1 Å². The Morgan fingerprint density at radius 1 is 1.03 bits per heavy atom. The van der Waals surface area contributed by atoms with Crippen molar-refractivity contribution in [2.45, 2.75) is 6.42 Å². The number of benzene rings is 2. The second-order valence-electron chi connectivity index (χ2n) is 9.22. The van der Waals surface area contributed by atoms with Crippen LogP contribution in [-0.2, 0) is 4.79 Å². The standard InChI is InChI=1S/C28H27ClN4OS/c29-22-4-5-24-25(18-22)30-10-6-26(24)32-15-13-31(14-16-32)19-27(34)33-11-7-20(8-12-33)23-3-1-2-21-9-17-35-28(21)23/h1-7,9-10,17-18H,8,11-16,19H2. The van der Waals surface area contributed by atoms with Crippen LogP contribution in [0.2, 0.25) is 5.02 Å². The summed E-state index contributed by atoms with van der Waals surface area (Å²) in [6, 6.07) is 16.6. The van der Waals surface area contributed by atoms with Crippen molar-refractivity contribution in [1.82, 2.24) is 14.8 Å². The van der Waals surface area contributed by atoms with Crippen molar-refractivity contribution in [1.29, 1.82) is 0 Å². The molecule has 1 saturated heterocycles. The SMILES string of the molecule is O=C(CN1CCN(c2ccnc3cc(Cl)ccc23)CC1)N1CC=C(c2cccc3ccsc23)CC1.